The molecule has 16 nitrogen and oxygen atoms in total. The third-order valence-corrected chi connectivity index (χ3v) is 13.2. The van der Waals surface area contributed by atoms with Crippen molar-refractivity contribution in [3.8, 4) is 23.0 Å². The molecule has 0 unspecified atom stereocenters. The fourth-order valence-corrected chi connectivity index (χ4v) is 9.71. The molecule has 78 heavy (non-hydrogen) atoms. The predicted octanol–water partition coefficient (Wildman–Crippen LogP) is 9.77. The predicted molar refractivity (Wildman–Crippen MR) is 304 cm³/mol. The van der Waals surface area contributed by atoms with E-state index < -0.39 is 23.4 Å². The molecule has 4 aromatic rings. The van der Waals surface area contributed by atoms with E-state index in [9.17, 15) is 9.59 Å². The van der Waals surface area contributed by atoms with Gasteiger partial charge < -0.3 is 62.9 Å². The molecule has 2 N–H and O–H groups in total. The molecule has 0 saturated carbocycles. The molecule has 16 heteroatoms. The van der Waals surface area contributed by atoms with Gasteiger partial charge >= 0.3 is 12.2 Å². The standard InChI is InChI=1S/C62H90N4O12/c1-11-69-27-31-73-55-47-17-15-19-49(55)41-53-37-46(44-64-21-23-65(59(67)77-61(5,6)7)25-26-66(24-22-64)60(68)78-62(8,9)10)38-54(58(53)76-34-30-72-14-4)42-50-20-16-18-48(56(50)74-32-28-70-12-2)40-52-36-45(43-63)35-51(39-47)57(52)75-33-29-71-13-3/h15-20,35-38H,11-14,21-34,39-44,63H2,1-10H3. The monoisotopic (exact) mass is 1080 g/mol. The molecule has 0 aromatic heterocycles. The zero-order chi connectivity index (χ0) is 56.1. The van der Waals surface area contributed by atoms with E-state index >= 15 is 0 Å². The molecule has 0 spiro atoms. The van der Waals surface area contributed by atoms with Crippen LogP contribution >= 0.6 is 0 Å². The summed E-state index contributed by atoms with van der Waals surface area (Å²) in [5.41, 5.74) is 15.0. The lowest BCUT2D eigenvalue weighted by molar-refractivity contribution is 0.0154. The van der Waals surface area contributed by atoms with E-state index in [1.165, 1.54) is 0 Å². The van der Waals surface area contributed by atoms with Crippen molar-refractivity contribution in [2.24, 2.45) is 5.73 Å². The Labute approximate surface area is 465 Å². The molecular weight excluding hydrogens is 993 g/mol. The van der Waals surface area contributed by atoms with Gasteiger partial charge in [0.2, 0.25) is 0 Å². The number of fused-ring (bicyclic) bond motifs is 8. The van der Waals surface area contributed by atoms with E-state index in [4.69, 9.17) is 53.1 Å². The summed E-state index contributed by atoms with van der Waals surface area (Å²) >= 11 is 0. The number of hydrogen-bond donors (Lipinski definition) is 1. The van der Waals surface area contributed by atoms with Crippen LogP contribution in [0.25, 0.3) is 0 Å². The van der Waals surface area contributed by atoms with Crippen LogP contribution < -0.4 is 24.7 Å². The Bertz CT molecular complexity index is 2370. The van der Waals surface area contributed by atoms with E-state index in [0.29, 0.717) is 157 Å². The molecule has 430 valence electrons. The van der Waals surface area contributed by atoms with E-state index in [1.54, 1.807) is 9.80 Å². The number of ether oxygens (including phenoxy) is 10. The second kappa shape index (κ2) is 30.7. The summed E-state index contributed by atoms with van der Waals surface area (Å²) in [4.78, 5) is 33.2. The average molecular weight is 1080 g/mol. The maximum atomic E-state index is 13.8. The second-order valence-electron chi connectivity index (χ2n) is 21.6. The first-order valence-corrected chi connectivity index (χ1v) is 28.2. The second-order valence-corrected chi connectivity index (χ2v) is 21.6. The highest BCUT2D eigenvalue weighted by Crippen LogP contribution is 2.40. The number of carbonyl (C=O) groups is 2. The normalized spacial score (nSPS) is 14.5. The fraction of sp³-hybridized carbons (Fsp3) is 0.581. The molecule has 1 heterocycles. The maximum absolute atomic E-state index is 13.8. The molecule has 8 bridgehead atoms. The number of amides is 2. The van der Waals surface area contributed by atoms with Crippen molar-refractivity contribution in [3.63, 3.8) is 0 Å². The van der Waals surface area contributed by atoms with Crippen LogP contribution in [-0.2, 0) is 67.2 Å². The highest BCUT2D eigenvalue weighted by Gasteiger charge is 2.30. The molecule has 0 atom stereocenters. The van der Waals surface area contributed by atoms with Crippen molar-refractivity contribution >= 4 is 12.2 Å². The van der Waals surface area contributed by atoms with E-state index in [1.807, 2.05) is 69.2 Å². The fourth-order valence-electron chi connectivity index (χ4n) is 9.71. The average Bonchev–Trinajstić information content (AvgIpc) is 3.54. The van der Waals surface area contributed by atoms with Gasteiger partial charge in [-0.05, 0) is 125 Å². The SMILES string of the molecule is CCOCCOc1c2cccc1Cc1cc(CN3CCN(C(=O)OC(C)(C)C)CCN(C(=O)OC(C)(C)C)CC3)cc(c1OCCOCC)Cc1cccc(c1OCCOCC)Cc1cc(CN)cc(c1OCCOCC)C2. The van der Waals surface area contributed by atoms with Gasteiger partial charge in [-0.15, -0.1) is 0 Å². The number of nitrogens with zero attached hydrogens (tertiary/aromatic N) is 3. The summed E-state index contributed by atoms with van der Waals surface area (Å²) in [6.45, 7) is 27.8. The topological polar surface area (TPSA) is 162 Å². The minimum Gasteiger partial charge on any atom is -0.491 e. The van der Waals surface area contributed by atoms with Crippen molar-refractivity contribution in [3.05, 3.63) is 116 Å². The summed E-state index contributed by atoms with van der Waals surface area (Å²) < 4.78 is 62.5. The number of nitrogens with two attached hydrogens (primary N) is 1. The molecule has 1 saturated heterocycles. The molecule has 1 aliphatic heterocycles. The highest BCUT2D eigenvalue weighted by atomic mass is 16.6. The number of hydrogen-bond acceptors (Lipinski definition) is 14. The largest absolute Gasteiger partial charge is 0.491 e. The minimum atomic E-state index is -0.697. The lowest BCUT2D eigenvalue weighted by Crippen LogP contribution is -2.44. The third-order valence-electron chi connectivity index (χ3n) is 13.2. The van der Waals surface area contributed by atoms with Gasteiger partial charge in [0, 0.05) is 104 Å². The van der Waals surface area contributed by atoms with E-state index in [0.717, 1.165) is 78.6 Å². The van der Waals surface area contributed by atoms with Gasteiger partial charge in [0.25, 0.3) is 0 Å². The van der Waals surface area contributed by atoms with Crippen molar-refractivity contribution < 1.29 is 57.0 Å². The van der Waals surface area contributed by atoms with Gasteiger partial charge in [0.15, 0.2) is 0 Å². The number of para-hydroxylation sites is 2. The highest BCUT2D eigenvalue weighted by molar-refractivity contribution is 5.70. The van der Waals surface area contributed by atoms with E-state index in [-0.39, 0.29) is 0 Å². The van der Waals surface area contributed by atoms with Crippen molar-refractivity contribution in [1.29, 1.82) is 0 Å². The molecular formula is C62H90N4O12. The van der Waals surface area contributed by atoms with Crippen LogP contribution in [0.4, 0.5) is 9.59 Å². The lowest BCUT2D eigenvalue weighted by Gasteiger charge is -2.30. The maximum Gasteiger partial charge on any atom is 0.410 e. The first-order valence-electron chi connectivity index (χ1n) is 28.2. The van der Waals surface area contributed by atoms with Gasteiger partial charge in [0.1, 0.15) is 60.6 Å². The van der Waals surface area contributed by atoms with Gasteiger partial charge in [-0.2, -0.15) is 0 Å². The number of benzene rings is 4. The Morgan fingerprint density at radius 1 is 0.436 bits per heavy atom. The minimum absolute atomic E-state index is 0.299. The zero-order valence-electron chi connectivity index (χ0n) is 48.6. The first kappa shape index (κ1) is 61.6. The Kier molecular flexibility index (Phi) is 24.2. The Morgan fingerprint density at radius 2 is 0.731 bits per heavy atom. The summed E-state index contributed by atoms with van der Waals surface area (Å²) in [7, 11) is 0. The van der Waals surface area contributed by atoms with Crippen LogP contribution in [0.3, 0.4) is 0 Å². The molecule has 0 radical (unpaired) electrons. The summed E-state index contributed by atoms with van der Waals surface area (Å²) in [6, 6.07) is 21.5. The quantitative estimate of drug-likeness (QED) is 0.0616. The van der Waals surface area contributed by atoms with E-state index in [2.05, 4.69) is 65.6 Å². The number of carbonyl (C=O) groups excluding carboxylic acids is 2. The van der Waals surface area contributed by atoms with Crippen LogP contribution in [-0.4, -0.2) is 157 Å². The molecule has 1 fully saturated rings. The van der Waals surface area contributed by atoms with Crippen LogP contribution in [0, 0.1) is 0 Å². The smallest absolute Gasteiger partial charge is 0.410 e. The van der Waals surface area contributed by atoms with Gasteiger partial charge in [-0.3, -0.25) is 4.90 Å². The molecule has 2 aliphatic rings. The number of rotatable bonds is 23. The van der Waals surface area contributed by atoms with Crippen molar-refractivity contribution in [2.75, 3.05) is 119 Å². The van der Waals surface area contributed by atoms with Crippen LogP contribution in [0.5, 0.6) is 23.0 Å². The van der Waals surface area contributed by atoms with Crippen molar-refractivity contribution in [2.45, 2.75) is 119 Å². The third kappa shape index (κ3) is 19.0. The lowest BCUT2D eigenvalue weighted by atomic mass is 9.89. The van der Waals surface area contributed by atoms with Crippen LogP contribution in [0.1, 0.15) is 125 Å². The Morgan fingerprint density at radius 3 is 1.03 bits per heavy atom. The van der Waals surface area contributed by atoms with Crippen molar-refractivity contribution in [1.82, 2.24) is 14.7 Å². The Hall–Kier alpha value is -5.62. The summed E-state index contributed by atoms with van der Waals surface area (Å²) in [6.07, 6.45) is 1.08. The molecule has 1 aliphatic carbocycles. The molecule has 4 aromatic carbocycles. The van der Waals surface area contributed by atoms with Gasteiger partial charge in [0.05, 0.1) is 26.4 Å². The van der Waals surface area contributed by atoms with Crippen LogP contribution in [0.15, 0.2) is 60.7 Å². The molecule has 2 amide bonds. The van der Waals surface area contributed by atoms with Gasteiger partial charge in [-0.1, -0.05) is 60.7 Å². The summed E-state index contributed by atoms with van der Waals surface area (Å²) in [5.74, 6) is 3.10. The summed E-state index contributed by atoms with van der Waals surface area (Å²) in [5, 5.41) is 0. The Balaban J connectivity index is 1.56. The first-order chi connectivity index (χ1) is 37.5. The zero-order valence-corrected chi connectivity index (χ0v) is 48.6. The van der Waals surface area contributed by atoms with Gasteiger partial charge in [-0.25, -0.2) is 9.59 Å². The van der Waals surface area contributed by atoms with Crippen LogP contribution in [0.2, 0.25) is 0 Å². The molecule has 6 rings (SSSR count).